The SMILES string of the molecule is CC#CC1(CC)OC(C=O)C(OC)C1C. The molecule has 0 aromatic heterocycles. The molecule has 1 fully saturated rings. The molecule has 4 unspecified atom stereocenters. The Morgan fingerprint density at radius 2 is 2.27 bits per heavy atom. The van der Waals surface area contributed by atoms with Gasteiger partial charge in [0.2, 0.25) is 0 Å². The molecule has 0 amide bonds. The summed E-state index contributed by atoms with van der Waals surface area (Å²) in [6, 6.07) is 0. The third-order valence-corrected chi connectivity index (χ3v) is 3.17. The van der Waals surface area contributed by atoms with Crippen molar-refractivity contribution in [3.63, 3.8) is 0 Å². The molecule has 0 bridgehead atoms. The smallest absolute Gasteiger partial charge is 0.151 e. The van der Waals surface area contributed by atoms with Crippen molar-refractivity contribution >= 4 is 6.29 Å². The molecule has 4 atom stereocenters. The summed E-state index contributed by atoms with van der Waals surface area (Å²) in [5.41, 5.74) is -0.527. The van der Waals surface area contributed by atoms with Crippen molar-refractivity contribution in [3.05, 3.63) is 0 Å². The minimum Gasteiger partial charge on any atom is -0.378 e. The van der Waals surface area contributed by atoms with E-state index in [2.05, 4.69) is 11.8 Å². The lowest BCUT2D eigenvalue weighted by molar-refractivity contribution is -0.124. The highest BCUT2D eigenvalue weighted by Gasteiger charge is 2.51. The van der Waals surface area contributed by atoms with Crippen LogP contribution < -0.4 is 0 Å². The van der Waals surface area contributed by atoms with Gasteiger partial charge in [0.1, 0.15) is 11.7 Å². The van der Waals surface area contributed by atoms with Crippen LogP contribution >= 0.6 is 0 Å². The first kappa shape index (κ1) is 12.2. The predicted molar refractivity (Wildman–Crippen MR) is 57.4 cm³/mol. The van der Waals surface area contributed by atoms with E-state index in [1.807, 2.05) is 13.8 Å². The zero-order valence-corrected chi connectivity index (χ0v) is 9.74. The van der Waals surface area contributed by atoms with E-state index in [9.17, 15) is 4.79 Å². The molecular formula is C12H18O3. The van der Waals surface area contributed by atoms with Crippen LogP contribution in [0.5, 0.6) is 0 Å². The molecule has 1 saturated heterocycles. The Hall–Kier alpha value is -0.850. The van der Waals surface area contributed by atoms with Crippen LogP contribution in [0.2, 0.25) is 0 Å². The number of aldehydes is 1. The van der Waals surface area contributed by atoms with Gasteiger partial charge in [-0.2, -0.15) is 0 Å². The highest BCUT2D eigenvalue weighted by Crippen LogP contribution is 2.39. The lowest BCUT2D eigenvalue weighted by Gasteiger charge is -2.26. The Balaban J connectivity index is 3.01. The molecule has 3 heteroatoms. The van der Waals surface area contributed by atoms with Gasteiger partial charge in [0.05, 0.1) is 6.10 Å². The lowest BCUT2D eigenvalue weighted by atomic mass is 9.85. The number of carbonyl (C=O) groups is 1. The Morgan fingerprint density at radius 3 is 2.60 bits per heavy atom. The van der Waals surface area contributed by atoms with Gasteiger partial charge in [0, 0.05) is 13.0 Å². The van der Waals surface area contributed by atoms with Gasteiger partial charge in [-0.25, -0.2) is 0 Å². The van der Waals surface area contributed by atoms with Crippen LogP contribution in [-0.2, 0) is 14.3 Å². The molecule has 0 aromatic carbocycles. The van der Waals surface area contributed by atoms with E-state index in [0.29, 0.717) is 0 Å². The minimum absolute atomic E-state index is 0.107. The molecule has 1 heterocycles. The Labute approximate surface area is 91.1 Å². The van der Waals surface area contributed by atoms with Gasteiger partial charge in [0.25, 0.3) is 0 Å². The molecule has 3 nitrogen and oxygen atoms in total. The van der Waals surface area contributed by atoms with Gasteiger partial charge in [-0.1, -0.05) is 19.8 Å². The Morgan fingerprint density at radius 1 is 1.60 bits per heavy atom. The van der Waals surface area contributed by atoms with Gasteiger partial charge >= 0.3 is 0 Å². The zero-order valence-electron chi connectivity index (χ0n) is 9.74. The first-order valence-corrected chi connectivity index (χ1v) is 5.25. The average molecular weight is 210 g/mol. The summed E-state index contributed by atoms with van der Waals surface area (Å²) in [4.78, 5) is 10.9. The third kappa shape index (κ3) is 1.92. The van der Waals surface area contributed by atoms with Gasteiger partial charge in [-0.15, -0.1) is 5.92 Å². The van der Waals surface area contributed by atoms with Crippen molar-refractivity contribution < 1.29 is 14.3 Å². The summed E-state index contributed by atoms with van der Waals surface area (Å²) in [7, 11) is 1.60. The number of ether oxygens (including phenoxy) is 2. The van der Waals surface area contributed by atoms with Crippen LogP contribution in [0.3, 0.4) is 0 Å². The fourth-order valence-electron chi connectivity index (χ4n) is 2.26. The summed E-state index contributed by atoms with van der Waals surface area (Å²) >= 11 is 0. The van der Waals surface area contributed by atoms with Gasteiger partial charge in [-0.05, 0) is 13.3 Å². The van der Waals surface area contributed by atoms with E-state index in [1.54, 1.807) is 14.0 Å². The fourth-order valence-corrected chi connectivity index (χ4v) is 2.26. The molecule has 0 radical (unpaired) electrons. The molecule has 1 aliphatic rings. The summed E-state index contributed by atoms with van der Waals surface area (Å²) < 4.78 is 11.0. The molecule has 0 spiro atoms. The molecule has 0 aromatic rings. The largest absolute Gasteiger partial charge is 0.378 e. The van der Waals surface area contributed by atoms with E-state index < -0.39 is 11.7 Å². The standard InChI is InChI=1S/C12H18O3/c1-5-7-12(6-2)9(3)11(14-4)10(8-13)15-12/h8-11H,6H2,1-4H3. The van der Waals surface area contributed by atoms with Gasteiger partial charge in [-0.3, -0.25) is 0 Å². The highest BCUT2D eigenvalue weighted by molar-refractivity contribution is 5.58. The summed E-state index contributed by atoms with van der Waals surface area (Å²) in [5.74, 6) is 6.06. The maximum absolute atomic E-state index is 10.9. The van der Waals surface area contributed by atoms with E-state index in [-0.39, 0.29) is 12.0 Å². The molecular weight excluding hydrogens is 192 g/mol. The monoisotopic (exact) mass is 210 g/mol. The van der Waals surface area contributed by atoms with E-state index in [1.165, 1.54) is 0 Å². The van der Waals surface area contributed by atoms with Crippen LogP contribution in [0.1, 0.15) is 27.2 Å². The van der Waals surface area contributed by atoms with Crippen LogP contribution in [0, 0.1) is 17.8 Å². The van der Waals surface area contributed by atoms with Crippen molar-refractivity contribution in [2.75, 3.05) is 7.11 Å². The second-order valence-electron chi connectivity index (χ2n) is 3.83. The molecule has 1 aliphatic heterocycles. The van der Waals surface area contributed by atoms with Gasteiger partial charge < -0.3 is 14.3 Å². The summed E-state index contributed by atoms with van der Waals surface area (Å²) in [6.45, 7) is 5.82. The first-order valence-electron chi connectivity index (χ1n) is 5.25. The number of rotatable bonds is 3. The van der Waals surface area contributed by atoms with Crippen LogP contribution in [0.25, 0.3) is 0 Å². The van der Waals surface area contributed by atoms with Crippen LogP contribution in [-0.4, -0.2) is 31.2 Å². The maximum Gasteiger partial charge on any atom is 0.151 e. The van der Waals surface area contributed by atoms with E-state index in [4.69, 9.17) is 9.47 Å². The summed E-state index contributed by atoms with van der Waals surface area (Å²) in [6.07, 6.45) is 0.882. The molecule has 15 heavy (non-hydrogen) atoms. The number of carbonyl (C=O) groups excluding carboxylic acids is 1. The number of hydrogen-bond acceptors (Lipinski definition) is 3. The second-order valence-corrected chi connectivity index (χ2v) is 3.83. The van der Waals surface area contributed by atoms with E-state index in [0.717, 1.165) is 12.7 Å². The first-order chi connectivity index (χ1) is 7.15. The normalized spacial score (nSPS) is 39.6. The van der Waals surface area contributed by atoms with Crippen molar-refractivity contribution in [2.24, 2.45) is 5.92 Å². The Bertz CT molecular complexity index is 289. The number of hydrogen-bond donors (Lipinski definition) is 0. The van der Waals surface area contributed by atoms with Crippen molar-refractivity contribution in [3.8, 4) is 11.8 Å². The van der Waals surface area contributed by atoms with Crippen molar-refractivity contribution in [2.45, 2.75) is 45.0 Å². The molecule has 1 rings (SSSR count). The van der Waals surface area contributed by atoms with Crippen LogP contribution in [0.4, 0.5) is 0 Å². The molecule has 0 N–H and O–H groups in total. The van der Waals surface area contributed by atoms with Crippen molar-refractivity contribution in [1.29, 1.82) is 0 Å². The predicted octanol–water partition coefficient (Wildman–Crippen LogP) is 1.41. The van der Waals surface area contributed by atoms with E-state index >= 15 is 0 Å². The van der Waals surface area contributed by atoms with Crippen LogP contribution in [0.15, 0.2) is 0 Å². The molecule has 0 aliphatic carbocycles. The Kier molecular flexibility index (Phi) is 3.90. The molecule has 84 valence electrons. The molecule has 0 saturated carbocycles. The quantitative estimate of drug-likeness (QED) is 0.522. The topological polar surface area (TPSA) is 35.5 Å². The van der Waals surface area contributed by atoms with Gasteiger partial charge in [0.15, 0.2) is 6.29 Å². The maximum atomic E-state index is 10.9. The lowest BCUT2D eigenvalue weighted by Crippen LogP contribution is -2.35. The van der Waals surface area contributed by atoms with Crippen molar-refractivity contribution in [1.82, 2.24) is 0 Å². The highest BCUT2D eigenvalue weighted by atomic mass is 16.6. The minimum atomic E-state index is -0.527. The zero-order chi connectivity index (χ0) is 11.5. The third-order valence-electron chi connectivity index (χ3n) is 3.17. The number of methoxy groups -OCH3 is 1. The second kappa shape index (κ2) is 4.78. The fraction of sp³-hybridized carbons (Fsp3) is 0.750. The average Bonchev–Trinajstić information content (AvgIpc) is 2.53. The summed E-state index contributed by atoms with van der Waals surface area (Å²) in [5, 5.41) is 0.